The lowest BCUT2D eigenvalue weighted by Gasteiger charge is -2.19. The molecule has 8 heteroatoms. The number of nitrogens with zero attached hydrogens (tertiary/aromatic N) is 4. The Bertz CT molecular complexity index is 1880. The lowest BCUT2D eigenvalue weighted by atomic mass is 10.1. The number of amidine groups is 1. The molecule has 1 aliphatic rings. The summed E-state index contributed by atoms with van der Waals surface area (Å²) in [5.74, 6) is 0.0969. The van der Waals surface area contributed by atoms with E-state index < -0.39 is 5.91 Å². The number of aromatic nitrogens is 2. The van der Waals surface area contributed by atoms with Crippen molar-refractivity contribution < 1.29 is 9.59 Å². The Kier molecular flexibility index (Phi) is 6.34. The number of aryl methyl sites for hydroxylation is 1. The zero-order valence-corrected chi connectivity index (χ0v) is 21.5. The van der Waals surface area contributed by atoms with Crippen molar-refractivity contribution in [1.29, 1.82) is 0 Å². The van der Waals surface area contributed by atoms with E-state index in [0.717, 1.165) is 15.8 Å². The number of benzene rings is 4. The molecule has 40 heavy (non-hydrogen) atoms. The van der Waals surface area contributed by atoms with E-state index in [1.165, 1.54) is 4.90 Å². The summed E-state index contributed by atoms with van der Waals surface area (Å²) >= 11 is 0. The molecular weight excluding hydrogens is 502 g/mol. The first-order valence-electron chi connectivity index (χ1n) is 12.6. The van der Waals surface area contributed by atoms with Crippen LogP contribution in [0.4, 0.5) is 5.69 Å². The Balaban J connectivity index is 1.31. The van der Waals surface area contributed by atoms with Crippen molar-refractivity contribution in [3.8, 4) is 0 Å². The number of para-hydroxylation sites is 1. The second-order valence-electron chi connectivity index (χ2n) is 9.19. The number of hydrogen-bond acceptors (Lipinski definition) is 5. The minimum Gasteiger partial charge on any atom is -0.267 e. The van der Waals surface area contributed by atoms with Crippen LogP contribution in [0.1, 0.15) is 27.3 Å². The molecule has 0 radical (unpaired) electrons. The zero-order chi connectivity index (χ0) is 27.6. The third-order valence-corrected chi connectivity index (χ3v) is 6.54. The van der Waals surface area contributed by atoms with Crippen LogP contribution in [-0.4, -0.2) is 27.3 Å². The number of rotatable bonds is 5. The number of nitrogens with one attached hydrogen (secondary N) is 1. The SMILES string of the molecule is Cc1nc2ccccc2c(=O)n1NC(=O)c1ccc(N2C(=O)C(=Cc3ccccc3)N=C2c2ccccc2)cc1. The molecule has 0 bridgehead atoms. The Hall–Kier alpha value is -5.63. The fourth-order valence-corrected chi connectivity index (χ4v) is 4.55. The van der Waals surface area contributed by atoms with Crippen LogP contribution in [-0.2, 0) is 4.79 Å². The van der Waals surface area contributed by atoms with E-state index in [1.54, 1.807) is 61.5 Å². The maximum Gasteiger partial charge on any atom is 0.282 e. The summed E-state index contributed by atoms with van der Waals surface area (Å²) in [6.07, 6.45) is 1.75. The molecule has 0 saturated heterocycles. The van der Waals surface area contributed by atoms with Crippen molar-refractivity contribution in [1.82, 2.24) is 9.66 Å². The molecule has 2 amide bonds. The standard InChI is InChI=1S/C32H23N5O3/c1-21-33-27-15-9-8-14-26(27)31(39)37(21)35-30(38)24-16-18-25(19-17-24)36-29(23-12-6-3-7-13-23)34-28(32(36)40)20-22-10-4-2-5-11-22/h2-20H,1H3,(H,35,38). The molecule has 6 rings (SSSR count). The highest BCUT2D eigenvalue weighted by atomic mass is 16.2. The molecule has 1 aliphatic heterocycles. The largest absolute Gasteiger partial charge is 0.282 e. The second-order valence-corrected chi connectivity index (χ2v) is 9.19. The van der Waals surface area contributed by atoms with Crippen molar-refractivity contribution in [3.63, 3.8) is 0 Å². The molecule has 1 aromatic heterocycles. The molecule has 0 aliphatic carbocycles. The molecule has 1 N–H and O–H groups in total. The fourth-order valence-electron chi connectivity index (χ4n) is 4.55. The Morgan fingerprint density at radius 1 is 0.800 bits per heavy atom. The first-order chi connectivity index (χ1) is 19.5. The van der Waals surface area contributed by atoms with Crippen molar-refractivity contribution in [3.05, 3.63) is 148 Å². The topological polar surface area (TPSA) is 96.7 Å². The van der Waals surface area contributed by atoms with E-state index >= 15 is 0 Å². The predicted molar refractivity (Wildman–Crippen MR) is 156 cm³/mol. The number of carbonyl (C=O) groups excluding carboxylic acids is 2. The number of aliphatic imine (C=N–C) groups is 1. The van der Waals surface area contributed by atoms with Gasteiger partial charge in [0.2, 0.25) is 0 Å². The van der Waals surface area contributed by atoms with Crippen LogP contribution in [0.15, 0.2) is 125 Å². The van der Waals surface area contributed by atoms with Crippen molar-refractivity contribution in [2.24, 2.45) is 4.99 Å². The van der Waals surface area contributed by atoms with Gasteiger partial charge in [-0.1, -0.05) is 72.8 Å². The van der Waals surface area contributed by atoms with Crippen molar-refractivity contribution in [2.75, 3.05) is 10.3 Å². The first-order valence-corrected chi connectivity index (χ1v) is 12.6. The molecule has 4 aromatic carbocycles. The molecule has 0 atom stereocenters. The maximum absolute atomic E-state index is 13.6. The Morgan fingerprint density at radius 3 is 2.17 bits per heavy atom. The van der Waals surface area contributed by atoms with E-state index in [2.05, 4.69) is 15.4 Å². The molecule has 0 unspecified atom stereocenters. The summed E-state index contributed by atoms with van der Waals surface area (Å²) in [5.41, 5.74) is 5.67. The quantitative estimate of drug-likeness (QED) is 0.329. The minimum atomic E-state index is -0.483. The molecule has 8 nitrogen and oxygen atoms in total. The van der Waals surface area contributed by atoms with Crippen LogP contribution in [0.2, 0.25) is 0 Å². The van der Waals surface area contributed by atoms with Crippen molar-refractivity contribution >= 4 is 40.3 Å². The summed E-state index contributed by atoms with van der Waals surface area (Å²) in [4.78, 5) is 50.2. The monoisotopic (exact) mass is 525 g/mol. The van der Waals surface area contributed by atoms with Crippen LogP contribution in [0.3, 0.4) is 0 Å². The average Bonchev–Trinajstić information content (AvgIpc) is 3.31. The van der Waals surface area contributed by atoms with Crippen LogP contribution in [0.25, 0.3) is 17.0 Å². The normalized spacial score (nSPS) is 14.0. The van der Waals surface area contributed by atoms with Crippen LogP contribution < -0.4 is 15.9 Å². The zero-order valence-electron chi connectivity index (χ0n) is 21.5. The summed E-state index contributed by atoms with van der Waals surface area (Å²) in [6.45, 7) is 1.65. The van der Waals surface area contributed by atoms with E-state index in [-0.39, 0.29) is 11.5 Å². The van der Waals surface area contributed by atoms with Gasteiger partial charge in [-0.2, -0.15) is 0 Å². The smallest absolute Gasteiger partial charge is 0.267 e. The fraction of sp³-hybridized carbons (Fsp3) is 0.0312. The average molecular weight is 526 g/mol. The van der Waals surface area contributed by atoms with Gasteiger partial charge < -0.3 is 0 Å². The van der Waals surface area contributed by atoms with Gasteiger partial charge >= 0.3 is 0 Å². The van der Waals surface area contributed by atoms with Gasteiger partial charge in [0.05, 0.1) is 16.6 Å². The third-order valence-electron chi connectivity index (χ3n) is 6.54. The first kappa shape index (κ1) is 24.7. The van der Waals surface area contributed by atoms with Crippen LogP contribution >= 0.6 is 0 Å². The van der Waals surface area contributed by atoms with Crippen molar-refractivity contribution in [2.45, 2.75) is 6.92 Å². The molecule has 5 aromatic rings. The third kappa shape index (κ3) is 4.58. The van der Waals surface area contributed by atoms with E-state index in [1.807, 2.05) is 60.7 Å². The molecular formula is C32H23N5O3. The maximum atomic E-state index is 13.6. The molecule has 0 spiro atoms. The van der Waals surface area contributed by atoms with Crippen LogP contribution in [0, 0.1) is 6.92 Å². The lowest BCUT2D eigenvalue weighted by molar-refractivity contribution is -0.113. The van der Waals surface area contributed by atoms with E-state index in [9.17, 15) is 14.4 Å². The highest BCUT2D eigenvalue weighted by Gasteiger charge is 2.32. The minimum absolute atomic E-state index is 0.274. The number of carbonyl (C=O) groups is 2. The summed E-state index contributed by atoms with van der Waals surface area (Å²) in [6, 6.07) is 32.5. The molecule has 2 heterocycles. The van der Waals surface area contributed by atoms with Gasteiger partial charge in [0, 0.05) is 11.1 Å². The van der Waals surface area contributed by atoms with Gasteiger partial charge in [-0.05, 0) is 55.0 Å². The highest BCUT2D eigenvalue weighted by Crippen LogP contribution is 2.28. The number of anilines is 1. The predicted octanol–water partition coefficient (Wildman–Crippen LogP) is 4.92. The van der Waals surface area contributed by atoms with Gasteiger partial charge in [0.15, 0.2) is 0 Å². The molecule has 0 saturated carbocycles. The summed E-state index contributed by atoms with van der Waals surface area (Å²) < 4.78 is 1.14. The van der Waals surface area contributed by atoms with E-state index in [0.29, 0.717) is 39.5 Å². The van der Waals surface area contributed by atoms with Gasteiger partial charge in [-0.15, -0.1) is 0 Å². The van der Waals surface area contributed by atoms with Crippen LogP contribution in [0.5, 0.6) is 0 Å². The van der Waals surface area contributed by atoms with Gasteiger partial charge in [0.1, 0.15) is 17.4 Å². The number of hydrogen-bond donors (Lipinski definition) is 1. The molecule has 194 valence electrons. The summed E-state index contributed by atoms with van der Waals surface area (Å²) in [7, 11) is 0. The summed E-state index contributed by atoms with van der Waals surface area (Å²) in [5, 5.41) is 0.406. The second kappa shape index (κ2) is 10.3. The number of amides is 2. The molecule has 0 fully saturated rings. The Morgan fingerprint density at radius 2 is 1.45 bits per heavy atom. The van der Waals surface area contributed by atoms with Gasteiger partial charge in [0.25, 0.3) is 17.4 Å². The highest BCUT2D eigenvalue weighted by molar-refractivity contribution is 6.33. The number of fused-ring (bicyclic) bond motifs is 1. The van der Waals surface area contributed by atoms with E-state index in [4.69, 9.17) is 0 Å². The lowest BCUT2D eigenvalue weighted by Crippen LogP contribution is -2.35. The van der Waals surface area contributed by atoms with Gasteiger partial charge in [-0.25, -0.2) is 14.7 Å². The van der Waals surface area contributed by atoms with Gasteiger partial charge in [-0.3, -0.25) is 24.7 Å². The Labute approximate surface area is 229 Å².